The largest absolute Gasteiger partial charge is 0.462 e. The molecule has 196 valence electrons. The Hall–Kier alpha value is -3.88. The van der Waals surface area contributed by atoms with Gasteiger partial charge >= 0.3 is 11.7 Å². The van der Waals surface area contributed by atoms with Crippen LogP contribution >= 0.6 is 0 Å². The van der Waals surface area contributed by atoms with Crippen LogP contribution in [0.1, 0.15) is 62.0 Å². The quantitative estimate of drug-likeness (QED) is 0.457. The number of amides is 1. The monoisotopic (exact) mass is 505 g/mol. The Bertz CT molecular complexity index is 1300. The predicted molar refractivity (Wildman–Crippen MR) is 144 cm³/mol. The molecule has 0 unspecified atom stereocenters. The average Bonchev–Trinajstić information content (AvgIpc) is 3.27. The first-order chi connectivity index (χ1) is 17.8. The van der Waals surface area contributed by atoms with Crippen LogP contribution in [0.3, 0.4) is 0 Å². The van der Waals surface area contributed by atoms with Crippen LogP contribution in [0.2, 0.25) is 0 Å². The number of esters is 1. The van der Waals surface area contributed by atoms with Crippen molar-refractivity contribution in [3.63, 3.8) is 0 Å². The summed E-state index contributed by atoms with van der Waals surface area (Å²) in [5.41, 5.74) is 3.63. The van der Waals surface area contributed by atoms with Gasteiger partial charge in [0.15, 0.2) is 0 Å². The Morgan fingerprint density at radius 1 is 1.08 bits per heavy atom. The summed E-state index contributed by atoms with van der Waals surface area (Å²) in [6.45, 7) is 9.51. The first-order valence-electron chi connectivity index (χ1n) is 12.9. The van der Waals surface area contributed by atoms with Crippen LogP contribution in [0.15, 0.2) is 53.6 Å². The first kappa shape index (κ1) is 26.2. The highest BCUT2D eigenvalue weighted by atomic mass is 16.5. The van der Waals surface area contributed by atoms with Gasteiger partial charge in [-0.05, 0) is 88.4 Å². The van der Waals surface area contributed by atoms with E-state index in [9.17, 15) is 14.4 Å². The lowest BCUT2D eigenvalue weighted by atomic mass is 9.93. The van der Waals surface area contributed by atoms with Crippen molar-refractivity contribution < 1.29 is 14.3 Å². The van der Waals surface area contributed by atoms with Crippen LogP contribution < -0.4 is 15.9 Å². The lowest BCUT2D eigenvalue weighted by molar-refractivity contribution is -0.117. The zero-order valence-corrected chi connectivity index (χ0v) is 21.9. The number of hydrogen-bond donors (Lipinski definition) is 1. The zero-order valence-electron chi connectivity index (χ0n) is 21.9. The lowest BCUT2D eigenvalue weighted by Crippen LogP contribution is -2.35. The Labute approximate surface area is 217 Å². The van der Waals surface area contributed by atoms with Gasteiger partial charge in [0.1, 0.15) is 6.33 Å². The Morgan fingerprint density at radius 3 is 2.38 bits per heavy atom. The van der Waals surface area contributed by atoms with Gasteiger partial charge in [0.05, 0.1) is 23.9 Å². The topological polar surface area (TPSA) is 98.5 Å². The minimum atomic E-state index is -0.380. The standard InChI is InChI=1S/C28H35N5O4/c1-5-37-27(35)25-17-22(7-6-20(25)4)30-26(34)16-21-12-14-31(15-13-21)23-8-10-24(11-9-23)32-18-29-33(19(2)3)28(32)36/h6-11,17-19,21H,5,12-16H2,1-4H3,(H,30,34). The fourth-order valence-electron chi connectivity index (χ4n) is 4.67. The van der Waals surface area contributed by atoms with Crippen molar-refractivity contribution in [1.29, 1.82) is 0 Å². The van der Waals surface area contributed by atoms with Crippen molar-refractivity contribution in [2.45, 2.75) is 53.0 Å². The summed E-state index contributed by atoms with van der Waals surface area (Å²) in [7, 11) is 0. The summed E-state index contributed by atoms with van der Waals surface area (Å²) in [6, 6.07) is 13.3. The first-order valence-corrected chi connectivity index (χ1v) is 12.9. The SMILES string of the molecule is CCOC(=O)c1cc(NC(=O)CC2CCN(c3ccc(-n4cnn(C(C)C)c4=O)cc3)CC2)ccc1C. The minimum Gasteiger partial charge on any atom is -0.462 e. The summed E-state index contributed by atoms with van der Waals surface area (Å²) in [5.74, 6) is -0.131. The third-order valence-corrected chi connectivity index (χ3v) is 6.78. The van der Waals surface area contributed by atoms with Gasteiger partial charge in [-0.15, -0.1) is 0 Å². The number of rotatable bonds is 8. The van der Waals surface area contributed by atoms with E-state index in [1.165, 1.54) is 4.68 Å². The molecule has 9 nitrogen and oxygen atoms in total. The minimum absolute atomic E-state index is 0.00959. The van der Waals surface area contributed by atoms with Crippen LogP contribution in [0.5, 0.6) is 0 Å². The molecule has 1 aliphatic heterocycles. The molecule has 1 saturated heterocycles. The maximum absolute atomic E-state index is 12.7. The highest BCUT2D eigenvalue weighted by Gasteiger charge is 2.22. The van der Waals surface area contributed by atoms with Crippen molar-refractivity contribution in [3.8, 4) is 5.69 Å². The van der Waals surface area contributed by atoms with E-state index in [2.05, 4.69) is 15.3 Å². The van der Waals surface area contributed by atoms with E-state index in [1.807, 2.05) is 57.2 Å². The van der Waals surface area contributed by atoms with Crippen LogP contribution in [0.4, 0.5) is 11.4 Å². The van der Waals surface area contributed by atoms with Crippen LogP contribution in [-0.2, 0) is 9.53 Å². The molecule has 0 bridgehead atoms. The summed E-state index contributed by atoms with van der Waals surface area (Å²) in [6.07, 6.45) is 3.83. The van der Waals surface area contributed by atoms with Crippen LogP contribution in [0.25, 0.3) is 5.69 Å². The number of aryl methyl sites for hydroxylation is 1. The van der Waals surface area contributed by atoms with E-state index in [1.54, 1.807) is 23.9 Å². The molecule has 0 atom stereocenters. The normalized spacial score (nSPS) is 14.1. The van der Waals surface area contributed by atoms with E-state index in [-0.39, 0.29) is 23.6 Å². The summed E-state index contributed by atoms with van der Waals surface area (Å²) >= 11 is 0. The number of benzene rings is 2. The van der Waals surface area contributed by atoms with Crippen molar-refractivity contribution in [2.75, 3.05) is 29.9 Å². The number of nitrogens with zero attached hydrogens (tertiary/aromatic N) is 4. The molecule has 37 heavy (non-hydrogen) atoms. The molecule has 9 heteroatoms. The maximum atomic E-state index is 12.7. The van der Waals surface area contributed by atoms with Crippen molar-refractivity contribution in [1.82, 2.24) is 14.3 Å². The molecule has 0 radical (unpaired) electrons. The number of aromatic nitrogens is 3. The van der Waals surface area contributed by atoms with Crippen molar-refractivity contribution >= 4 is 23.3 Å². The van der Waals surface area contributed by atoms with E-state index >= 15 is 0 Å². The Balaban J connectivity index is 1.30. The molecule has 0 saturated carbocycles. The summed E-state index contributed by atoms with van der Waals surface area (Å²) in [5, 5.41) is 7.13. The Kier molecular flexibility index (Phi) is 8.11. The number of nitrogens with one attached hydrogen (secondary N) is 1. The van der Waals surface area contributed by atoms with E-state index in [0.717, 1.165) is 42.9 Å². The number of carbonyl (C=O) groups is 2. The van der Waals surface area contributed by atoms with Crippen molar-refractivity contribution in [2.24, 2.45) is 5.92 Å². The lowest BCUT2D eigenvalue weighted by Gasteiger charge is -2.33. The van der Waals surface area contributed by atoms with E-state index in [0.29, 0.717) is 30.2 Å². The van der Waals surface area contributed by atoms with Gasteiger partial charge in [0.25, 0.3) is 0 Å². The third-order valence-electron chi connectivity index (χ3n) is 6.78. The van der Waals surface area contributed by atoms with Gasteiger partial charge in [-0.1, -0.05) is 6.07 Å². The maximum Gasteiger partial charge on any atom is 0.350 e. The van der Waals surface area contributed by atoms with E-state index in [4.69, 9.17) is 4.74 Å². The molecule has 1 fully saturated rings. The second kappa shape index (κ2) is 11.5. The zero-order chi connectivity index (χ0) is 26.5. The molecule has 0 aliphatic carbocycles. The van der Waals surface area contributed by atoms with Gasteiger partial charge in [-0.3, -0.25) is 4.79 Å². The van der Waals surface area contributed by atoms with Gasteiger partial charge in [-0.2, -0.15) is 5.10 Å². The number of hydrogen-bond acceptors (Lipinski definition) is 6. The van der Waals surface area contributed by atoms with Gasteiger partial charge in [0, 0.05) is 30.9 Å². The molecule has 2 heterocycles. The third kappa shape index (κ3) is 6.10. The molecule has 1 amide bonds. The molecule has 1 aromatic heterocycles. The fourth-order valence-corrected chi connectivity index (χ4v) is 4.67. The van der Waals surface area contributed by atoms with Gasteiger partial charge < -0.3 is 15.0 Å². The highest BCUT2D eigenvalue weighted by Crippen LogP contribution is 2.26. The number of carbonyl (C=O) groups excluding carboxylic acids is 2. The second-order valence-corrected chi connectivity index (χ2v) is 9.77. The number of piperidine rings is 1. The predicted octanol–water partition coefficient (Wildman–Crippen LogP) is 4.35. The average molecular weight is 506 g/mol. The van der Waals surface area contributed by atoms with Crippen molar-refractivity contribution in [3.05, 3.63) is 70.4 Å². The molecular weight excluding hydrogens is 470 g/mol. The molecule has 2 aromatic carbocycles. The van der Waals surface area contributed by atoms with Crippen LogP contribution in [-0.4, -0.2) is 45.9 Å². The molecular formula is C28H35N5O4. The highest BCUT2D eigenvalue weighted by molar-refractivity contribution is 5.95. The molecule has 4 rings (SSSR count). The summed E-state index contributed by atoms with van der Waals surface area (Å²) in [4.78, 5) is 39.7. The van der Waals surface area contributed by atoms with Gasteiger partial charge in [-0.25, -0.2) is 18.8 Å². The van der Waals surface area contributed by atoms with Gasteiger partial charge in [0.2, 0.25) is 5.91 Å². The van der Waals surface area contributed by atoms with E-state index < -0.39 is 0 Å². The molecule has 0 spiro atoms. The number of anilines is 2. The Morgan fingerprint density at radius 2 is 1.76 bits per heavy atom. The summed E-state index contributed by atoms with van der Waals surface area (Å²) < 4.78 is 8.12. The second-order valence-electron chi connectivity index (χ2n) is 9.77. The van der Waals surface area contributed by atoms with Crippen LogP contribution in [0, 0.1) is 12.8 Å². The fraction of sp³-hybridized carbons (Fsp3) is 0.429. The number of ether oxygens (including phenoxy) is 1. The molecule has 1 aliphatic rings. The molecule has 3 aromatic rings. The molecule has 1 N–H and O–H groups in total. The smallest absolute Gasteiger partial charge is 0.350 e.